The van der Waals surface area contributed by atoms with Crippen LogP contribution in [0.5, 0.6) is 0 Å². The third kappa shape index (κ3) is 2.30. The number of nitrogens with zero attached hydrogens (tertiary/aromatic N) is 2. The van der Waals surface area contributed by atoms with Crippen molar-refractivity contribution < 1.29 is 4.74 Å². The van der Waals surface area contributed by atoms with E-state index in [-0.39, 0.29) is 0 Å². The number of nitrogens with two attached hydrogens (primary N) is 1. The molecule has 0 aliphatic carbocycles. The third-order valence-electron chi connectivity index (χ3n) is 2.46. The summed E-state index contributed by atoms with van der Waals surface area (Å²) >= 11 is 1.56. The zero-order chi connectivity index (χ0) is 10.7. The zero-order valence-corrected chi connectivity index (χ0v) is 9.64. The van der Waals surface area contributed by atoms with Crippen molar-refractivity contribution in [2.75, 3.05) is 19.4 Å². The maximum atomic E-state index is 5.59. The lowest BCUT2D eigenvalue weighted by molar-refractivity contribution is 0.106. The Morgan fingerprint density at radius 2 is 2.33 bits per heavy atom. The molecule has 0 saturated carbocycles. The Hall–Kier alpha value is -0.650. The molecule has 2 rings (SSSR count). The molecule has 5 heteroatoms. The number of fused-ring (bicyclic) bond motifs is 1. The quantitative estimate of drug-likeness (QED) is 0.608. The average molecular weight is 225 g/mol. The molecular weight excluding hydrogens is 210 g/mol. The van der Waals surface area contributed by atoms with Crippen LogP contribution in [0.25, 0.3) is 0 Å². The van der Waals surface area contributed by atoms with Gasteiger partial charge in [-0.3, -0.25) is 0 Å². The predicted molar refractivity (Wildman–Crippen MR) is 59.9 cm³/mol. The first-order valence-electron chi connectivity index (χ1n) is 5.05. The maximum absolute atomic E-state index is 5.59. The van der Waals surface area contributed by atoms with Gasteiger partial charge in [0.1, 0.15) is 0 Å². The molecule has 0 amide bonds. The van der Waals surface area contributed by atoms with Crippen LogP contribution < -0.4 is 5.73 Å². The molecule has 0 unspecified atom stereocenters. The van der Waals surface area contributed by atoms with Crippen LogP contribution >= 0.6 is 11.8 Å². The van der Waals surface area contributed by atoms with Crippen molar-refractivity contribution in [1.29, 1.82) is 0 Å². The van der Waals surface area contributed by atoms with E-state index in [0.717, 1.165) is 36.0 Å². The number of ether oxygens (including phenoxy) is 1. The average Bonchev–Trinajstić information content (AvgIpc) is 2.29. The fraction of sp³-hybridized carbons (Fsp3) is 0.600. The van der Waals surface area contributed by atoms with Crippen molar-refractivity contribution in [3.05, 3.63) is 17.0 Å². The first-order chi connectivity index (χ1) is 7.35. The van der Waals surface area contributed by atoms with Gasteiger partial charge in [-0.15, -0.1) is 0 Å². The van der Waals surface area contributed by atoms with Crippen molar-refractivity contribution in [2.24, 2.45) is 5.73 Å². The van der Waals surface area contributed by atoms with Gasteiger partial charge in [-0.05, 0) is 19.2 Å². The minimum absolute atomic E-state index is 0.614. The minimum Gasteiger partial charge on any atom is -0.375 e. The van der Waals surface area contributed by atoms with E-state index in [1.54, 1.807) is 11.8 Å². The molecule has 1 aliphatic heterocycles. The van der Waals surface area contributed by atoms with Gasteiger partial charge in [0.25, 0.3) is 0 Å². The van der Waals surface area contributed by atoms with Crippen LogP contribution in [0, 0.1) is 0 Å². The number of hydrogen-bond donors (Lipinski definition) is 1. The lowest BCUT2D eigenvalue weighted by Gasteiger charge is -2.18. The Labute approximate surface area is 93.6 Å². The Kier molecular flexibility index (Phi) is 3.56. The van der Waals surface area contributed by atoms with E-state index in [0.29, 0.717) is 13.2 Å². The van der Waals surface area contributed by atoms with Crippen LogP contribution in [0.3, 0.4) is 0 Å². The predicted octanol–water partition coefficient (Wildman–Crippen LogP) is 0.772. The first kappa shape index (κ1) is 10.9. The minimum atomic E-state index is 0.614. The van der Waals surface area contributed by atoms with Gasteiger partial charge < -0.3 is 10.5 Å². The second-order valence-corrected chi connectivity index (χ2v) is 4.20. The highest BCUT2D eigenvalue weighted by Gasteiger charge is 2.17. The van der Waals surface area contributed by atoms with Gasteiger partial charge in [0.2, 0.25) is 0 Å². The molecule has 4 nitrogen and oxygen atoms in total. The van der Waals surface area contributed by atoms with E-state index in [2.05, 4.69) is 9.97 Å². The van der Waals surface area contributed by atoms with Gasteiger partial charge in [0, 0.05) is 17.7 Å². The molecular formula is C10H15N3OS. The molecule has 82 valence electrons. The van der Waals surface area contributed by atoms with E-state index in [9.17, 15) is 0 Å². The summed E-state index contributed by atoms with van der Waals surface area (Å²) < 4.78 is 5.40. The largest absolute Gasteiger partial charge is 0.375 e. The smallest absolute Gasteiger partial charge is 0.187 e. The second-order valence-electron chi connectivity index (χ2n) is 3.42. The van der Waals surface area contributed by atoms with Crippen LogP contribution in [0.2, 0.25) is 0 Å². The number of hydrogen-bond acceptors (Lipinski definition) is 5. The lowest BCUT2D eigenvalue weighted by Crippen LogP contribution is -2.18. The summed E-state index contributed by atoms with van der Waals surface area (Å²) in [6.07, 6.45) is 3.73. The van der Waals surface area contributed by atoms with Crippen molar-refractivity contribution in [2.45, 2.75) is 24.6 Å². The van der Waals surface area contributed by atoms with Crippen molar-refractivity contribution >= 4 is 11.8 Å². The Morgan fingerprint density at radius 3 is 3.07 bits per heavy atom. The molecule has 1 aromatic heterocycles. The van der Waals surface area contributed by atoms with Gasteiger partial charge in [0.15, 0.2) is 5.16 Å². The van der Waals surface area contributed by atoms with Crippen molar-refractivity contribution in [1.82, 2.24) is 9.97 Å². The van der Waals surface area contributed by atoms with Gasteiger partial charge >= 0.3 is 0 Å². The normalized spacial score (nSPS) is 15.1. The molecule has 1 aliphatic rings. The molecule has 0 aromatic carbocycles. The molecule has 0 atom stereocenters. The highest BCUT2D eigenvalue weighted by Crippen LogP contribution is 2.21. The summed E-state index contributed by atoms with van der Waals surface area (Å²) in [6, 6.07) is 0. The van der Waals surface area contributed by atoms with Gasteiger partial charge in [-0.2, -0.15) is 0 Å². The summed E-state index contributed by atoms with van der Waals surface area (Å²) in [5.74, 6) is 0. The molecule has 1 aromatic rings. The van der Waals surface area contributed by atoms with E-state index < -0.39 is 0 Å². The van der Waals surface area contributed by atoms with Crippen molar-refractivity contribution in [3.8, 4) is 0 Å². The van der Waals surface area contributed by atoms with Crippen LogP contribution in [-0.2, 0) is 24.2 Å². The maximum Gasteiger partial charge on any atom is 0.187 e. The molecule has 0 spiro atoms. The molecule has 2 heterocycles. The molecule has 15 heavy (non-hydrogen) atoms. The fourth-order valence-electron chi connectivity index (χ4n) is 1.74. The highest BCUT2D eigenvalue weighted by molar-refractivity contribution is 7.98. The van der Waals surface area contributed by atoms with Crippen molar-refractivity contribution in [3.63, 3.8) is 0 Å². The molecule has 0 fully saturated rings. The monoisotopic (exact) mass is 225 g/mol. The highest BCUT2D eigenvalue weighted by atomic mass is 32.2. The summed E-state index contributed by atoms with van der Waals surface area (Å²) in [7, 11) is 0. The standard InChI is InChI=1S/C10H15N3OS/c1-15-10-12-8(2-4-11)7-3-5-14-6-9(7)13-10/h2-6,11H2,1H3. The number of rotatable bonds is 3. The number of thioether (sulfide) groups is 1. The fourth-order valence-corrected chi connectivity index (χ4v) is 2.15. The third-order valence-corrected chi connectivity index (χ3v) is 3.00. The lowest BCUT2D eigenvalue weighted by atomic mass is 10.0. The van der Waals surface area contributed by atoms with E-state index in [4.69, 9.17) is 10.5 Å². The summed E-state index contributed by atoms with van der Waals surface area (Å²) in [4.78, 5) is 8.97. The first-order valence-corrected chi connectivity index (χ1v) is 6.28. The van der Waals surface area contributed by atoms with E-state index in [1.807, 2.05) is 6.26 Å². The summed E-state index contributed by atoms with van der Waals surface area (Å²) in [6.45, 7) is 2.02. The van der Waals surface area contributed by atoms with Gasteiger partial charge in [0.05, 0.1) is 18.9 Å². The van der Waals surface area contributed by atoms with E-state index >= 15 is 0 Å². The van der Waals surface area contributed by atoms with Crippen LogP contribution in [0.15, 0.2) is 5.16 Å². The molecule has 0 saturated heterocycles. The molecule has 0 bridgehead atoms. The van der Waals surface area contributed by atoms with Crippen LogP contribution in [-0.4, -0.2) is 29.4 Å². The Morgan fingerprint density at radius 1 is 1.47 bits per heavy atom. The summed E-state index contributed by atoms with van der Waals surface area (Å²) in [5, 5.41) is 0.822. The Bertz CT molecular complexity index is 357. The molecule has 0 radical (unpaired) electrons. The van der Waals surface area contributed by atoms with Crippen LogP contribution in [0.4, 0.5) is 0 Å². The Balaban J connectivity index is 2.41. The number of aromatic nitrogens is 2. The summed E-state index contributed by atoms with van der Waals surface area (Å²) in [5.41, 5.74) is 8.99. The SMILES string of the molecule is CSc1nc(CCN)c2c(n1)COCC2. The second kappa shape index (κ2) is 4.92. The van der Waals surface area contributed by atoms with E-state index in [1.165, 1.54) is 5.56 Å². The molecule has 2 N–H and O–H groups in total. The zero-order valence-electron chi connectivity index (χ0n) is 8.82. The topological polar surface area (TPSA) is 61.0 Å². The van der Waals surface area contributed by atoms with Crippen LogP contribution in [0.1, 0.15) is 17.0 Å². The van der Waals surface area contributed by atoms with Gasteiger partial charge in [-0.25, -0.2) is 9.97 Å². The van der Waals surface area contributed by atoms with Gasteiger partial charge in [-0.1, -0.05) is 11.8 Å².